The van der Waals surface area contributed by atoms with E-state index < -0.39 is 22.6 Å². The van der Waals surface area contributed by atoms with Crippen LogP contribution in [0.2, 0.25) is 0 Å². The maximum absolute atomic E-state index is 12.8. The Bertz CT molecular complexity index is 1240. The number of nitrogens with zero attached hydrogens (tertiary/aromatic N) is 2. The number of hydrogen-bond acceptors (Lipinski definition) is 5. The molecule has 176 valence electrons. The third-order valence-corrected chi connectivity index (χ3v) is 5.54. The van der Waals surface area contributed by atoms with Gasteiger partial charge in [0, 0.05) is 17.7 Å². The summed E-state index contributed by atoms with van der Waals surface area (Å²) in [7, 11) is 0. The van der Waals surface area contributed by atoms with Crippen LogP contribution in [0.15, 0.2) is 74.7 Å². The number of alkyl halides is 3. The highest BCUT2D eigenvalue weighted by atomic mass is 79.9. The number of benzene rings is 3. The first-order chi connectivity index (χ1) is 16.0. The van der Waals surface area contributed by atoms with Crippen molar-refractivity contribution in [1.82, 2.24) is 5.43 Å². The van der Waals surface area contributed by atoms with Crippen LogP contribution in [0, 0.1) is 10.1 Å². The number of non-ortho nitro benzene ring substituents is 1. The Labute approximate surface area is 208 Å². The van der Waals surface area contributed by atoms with Crippen molar-refractivity contribution in [3.8, 4) is 5.75 Å². The first-order valence-corrected chi connectivity index (χ1v) is 11.0. The maximum atomic E-state index is 12.8. The zero-order chi connectivity index (χ0) is 24.9. The summed E-state index contributed by atoms with van der Waals surface area (Å²) in [6.45, 7) is 0.0827. The second-order valence-corrected chi connectivity index (χ2v) is 8.52. The molecule has 3 aromatic carbocycles. The van der Waals surface area contributed by atoms with Crippen LogP contribution in [-0.4, -0.2) is 17.0 Å². The molecular weight excluding hydrogens is 587 g/mol. The van der Waals surface area contributed by atoms with Crippen molar-refractivity contribution in [2.45, 2.75) is 12.8 Å². The highest BCUT2D eigenvalue weighted by molar-refractivity contribution is 9.11. The molecule has 0 aliphatic carbocycles. The van der Waals surface area contributed by atoms with Gasteiger partial charge < -0.3 is 4.74 Å². The lowest BCUT2D eigenvalue weighted by Gasteiger charge is -2.11. The van der Waals surface area contributed by atoms with Gasteiger partial charge in [-0.15, -0.1) is 0 Å². The van der Waals surface area contributed by atoms with Crippen molar-refractivity contribution >= 4 is 49.7 Å². The Morgan fingerprint density at radius 3 is 2.41 bits per heavy atom. The van der Waals surface area contributed by atoms with Crippen LogP contribution in [0.4, 0.5) is 18.9 Å². The summed E-state index contributed by atoms with van der Waals surface area (Å²) in [5.74, 6) is -0.353. The molecule has 0 spiro atoms. The minimum absolute atomic E-state index is 0.0435. The molecule has 1 amide bonds. The summed E-state index contributed by atoms with van der Waals surface area (Å²) in [6, 6.07) is 13.4. The minimum atomic E-state index is -4.56. The fourth-order valence-corrected chi connectivity index (χ4v) is 4.22. The van der Waals surface area contributed by atoms with Gasteiger partial charge in [-0.3, -0.25) is 14.9 Å². The standard InChI is InChI=1S/C22H14Br2F3N3O4/c23-18-8-14(11-28-29-21(31)15-4-2-5-16(10-15)22(25,26)27)9-19(24)20(18)34-12-13-3-1-6-17(7-13)30(32)33/h1-11H,12H2,(H,29,31)/b28-11-. The van der Waals surface area contributed by atoms with Crippen molar-refractivity contribution in [3.63, 3.8) is 0 Å². The van der Waals surface area contributed by atoms with Gasteiger partial charge in [-0.1, -0.05) is 18.2 Å². The van der Waals surface area contributed by atoms with E-state index in [0.29, 0.717) is 25.8 Å². The molecule has 0 heterocycles. The number of amides is 1. The monoisotopic (exact) mass is 599 g/mol. The summed E-state index contributed by atoms with van der Waals surface area (Å²) in [5.41, 5.74) is 2.18. The van der Waals surface area contributed by atoms with E-state index in [-0.39, 0.29) is 17.9 Å². The number of carbonyl (C=O) groups excluding carboxylic acids is 1. The smallest absolute Gasteiger partial charge is 0.416 e. The summed E-state index contributed by atoms with van der Waals surface area (Å²) < 4.78 is 45.3. The van der Waals surface area contributed by atoms with Crippen molar-refractivity contribution in [3.05, 3.63) is 102 Å². The number of ether oxygens (including phenoxy) is 1. The van der Waals surface area contributed by atoms with E-state index in [1.54, 1.807) is 24.3 Å². The van der Waals surface area contributed by atoms with E-state index >= 15 is 0 Å². The Kier molecular flexibility index (Phi) is 8.05. The lowest BCUT2D eigenvalue weighted by atomic mass is 10.1. The van der Waals surface area contributed by atoms with Gasteiger partial charge in [0.05, 0.1) is 25.6 Å². The average molecular weight is 601 g/mol. The first kappa shape index (κ1) is 25.4. The van der Waals surface area contributed by atoms with Crippen LogP contribution < -0.4 is 10.2 Å². The number of hydrazone groups is 1. The molecule has 0 unspecified atom stereocenters. The van der Waals surface area contributed by atoms with E-state index in [9.17, 15) is 28.1 Å². The molecule has 0 aliphatic heterocycles. The molecule has 12 heteroatoms. The minimum Gasteiger partial charge on any atom is -0.487 e. The number of nitro benzene ring substituents is 1. The predicted molar refractivity (Wildman–Crippen MR) is 126 cm³/mol. The van der Waals surface area contributed by atoms with Gasteiger partial charge in [0.1, 0.15) is 12.4 Å². The highest BCUT2D eigenvalue weighted by Crippen LogP contribution is 2.35. The van der Waals surface area contributed by atoms with Gasteiger partial charge in [0.25, 0.3) is 11.6 Å². The molecule has 0 atom stereocenters. The zero-order valence-electron chi connectivity index (χ0n) is 17.0. The molecule has 0 aromatic heterocycles. The fraction of sp³-hybridized carbons (Fsp3) is 0.0909. The molecule has 3 aromatic rings. The number of rotatable bonds is 7. The van der Waals surface area contributed by atoms with Gasteiger partial charge in [0.2, 0.25) is 0 Å². The molecule has 0 saturated heterocycles. The molecule has 0 aliphatic rings. The summed E-state index contributed by atoms with van der Waals surface area (Å²) in [4.78, 5) is 22.5. The van der Waals surface area contributed by atoms with Crippen LogP contribution in [0.25, 0.3) is 0 Å². The quantitative estimate of drug-likeness (QED) is 0.191. The number of nitrogens with one attached hydrogen (secondary N) is 1. The summed E-state index contributed by atoms with van der Waals surface area (Å²) >= 11 is 6.75. The second kappa shape index (κ2) is 10.8. The van der Waals surface area contributed by atoms with Gasteiger partial charge in [0.15, 0.2) is 0 Å². The van der Waals surface area contributed by atoms with Crippen LogP contribution in [0.3, 0.4) is 0 Å². The van der Waals surface area contributed by atoms with Crippen molar-refractivity contribution < 1.29 is 27.6 Å². The van der Waals surface area contributed by atoms with Crippen LogP contribution in [0.1, 0.15) is 27.0 Å². The van der Waals surface area contributed by atoms with E-state index in [1.807, 2.05) is 0 Å². The maximum Gasteiger partial charge on any atom is 0.416 e. The first-order valence-electron chi connectivity index (χ1n) is 9.40. The van der Waals surface area contributed by atoms with Gasteiger partial charge >= 0.3 is 6.18 Å². The van der Waals surface area contributed by atoms with Gasteiger partial charge in [-0.25, -0.2) is 5.43 Å². The van der Waals surface area contributed by atoms with Gasteiger partial charge in [-0.05, 0) is 73.3 Å². The van der Waals surface area contributed by atoms with Crippen molar-refractivity contribution in [1.29, 1.82) is 0 Å². The highest BCUT2D eigenvalue weighted by Gasteiger charge is 2.30. The Balaban J connectivity index is 1.66. The number of carbonyl (C=O) groups is 1. The van der Waals surface area contributed by atoms with Crippen LogP contribution in [0.5, 0.6) is 5.75 Å². The molecule has 0 radical (unpaired) electrons. The Hall–Kier alpha value is -3.25. The molecule has 3 rings (SSSR count). The van der Waals surface area contributed by atoms with Crippen molar-refractivity contribution in [2.75, 3.05) is 0 Å². The molecule has 0 fully saturated rings. The van der Waals surface area contributed by atoms with E-state index in [0.717, 1.165) is 18.2 Å². The molecule has 0 saturated carbocycles. The van der Waals surface area contributed by atoms with Crippen LogP contribution in [-0.2, 0) is 12.8 Å². The molecule has 34 heavy (non-hydrogen) atoms. The molecule has 0 bridgehead atoms. The summed E-state index contributed by atoms with van der Waals surface area (Å²) in [5, 5.41) is 14.7. The van der Waals surface area contributed by atoms with E-state index in [2.05, 4.69) is 42.4 Å². The number of nitro groups is 1. The lowest BCUT2D eigenvalue weighted by molar-refractivity contribution is -0.384. The molecule has 1 N–H and O–H groups in total. The van der Waals surface area contributed by atoms with E-state index in [4.69, 9.17) is 4.74 Å². The summed E-state index contributed by atoms with van der Waals surface area (Å²) in [6.07, 6.45) is -3.25. The SMILES string of the molecule is O=C(N/N=C\c1cc(Br)c(OCc2cccc([N+](=O)[O-])c2)c(Br)c1)c1cccc(C(F)(F)F)c1. The Morgan fingerprint density at radius 1 is 1.09 bits per heavy atom. The Morgan fingerprint density at radius 2 is 1.76 bits per heavy atom. The third-order valence-electron chi connectivity index (χ3n) is 4.36. The largest absolute Gasteiger partial charge is 0.487 e. The topological polar surface area (TPSA) is 93.8 Å². The van der Waals surface area contributed by atoms with E-state index in [1.165, 1.54) is 24.4 Å². The number of hydrogen-bond donors (Lipinski definition) is 1. The molecule has 7 nitrogen and oxygen atoms in total. The molecular formula is C22H14Br2F3N3O4. The normalized spacial score (nSPS) is 11.4. The second-order valence-electron chi connectivity index (χ2n) is 6.81. The average Bonchev–Trinajstić information content (AvgIpc) is 2.78. The lowest BCUT2D eigenvalue weighted by Crippen LogP contribution is -2.18. The third kappa shape index (κ3) is 6.64. The van der Waals surface area contributed by atoms with Crippen LogP contribution >= 0.6 is 31.9 Å². The zero-order valence-corrected chi connectivity index (χ0v) is 20.1. The fourth-order valence-electron chi connectivity index (χ4n) is 2.77. The van der Waals surface area contributed by atoms with Gasteiger partial charge in [-0.2, -0.15) is 18.3 Å². The number of halogens is 5. The predicted octanol–water partition coefficient (Wildman–Crippen LogP) is 6.48. The van der Waals surface area contributed by atoms with Crippen molar-refractivity contribution in [2.24, 2.45) is 5.10 Å².